The Balaban J connectivity index is 2.31. The van der Waals surface area contributed by atoms with Crippen molar-refractivity contribution in [2.45, 2.75) is 26.3 Å². The molecule has 2 rings (SSSR count). The van der Waals surface area contributed by atoms with Crippen molar-refractivity contribution in [2.24, 2.45) is 0 Å². The topological polar surface area (TPSA) is 24.9 Å². The van der Waals surface area contributed by atoms with Gasteiger partial charge in [0.1, 0.15) is 0 Å². The van der Waals surface area contributed by atoms with E-state index in [1.165, 1.54) is 0 Å². The Labute approximate surface area is 134 Å². The van der Waals surface area contributed by atoms with Crippen LogP contribution in [-0.4, -0.2) is 4.98 Å². The molecular weight excluding hydrogens is 315 g/mol. The van der Waals surface area contributed by atoms with Crippen LogP contribution >= 0.6 is 34.8 Å². The first-order valence-electron chi connectivity index (χ1n) is 6.35. The van der Waals surface area contributed by atoms with Crippen molar-refractivity contribution in [2.75, 3.05) is 5.32 Å². The Morgan fingerprint density at radius 3 is 2.50 bits per heavy atom. The molecule has 0 saturated carbocycles. The Morgan fingerprint density at radius 1 is 1.15 bits per heavy atom. The summed E-state index contributed by atoms with van der Waals surface area (Å²) in [6.07, 6.45) is 2.59. The van der Waals surface area contributed by atoms with Crippen molar-refractivity contribution in [1.29, 1.82) is 0 Å². The summed E-state index contributed by atoms with van der Waals surface area (Å²) in [5.74, 6) is 0. The number of aromatic nitrogens is 1. The first kappa shape index (κ1) is 15.4. The van der Waals surface area contributed by atoms with E-state index in [9.17, 15) is 0 Å². The Morgan fingerprint density at radius 2 is 1.90 bits per heavy atom. The molecule has 0 aliphatic heterocycles. The largest absolute Gasteiger partial charge is 0.376 e. The van der Waals surface area contributed by atoms with E-state index in [-0.39, 0.29) is 6.04 Å². The standard InChI is InChI=1S/C15H15Cl3N2/c1-3-13(10-4-5-11(16)12(17)8-10)20-14-9(2)6-7-19-15(14)18/h4-8,13,20H,3H2,1-2H3. The van der Waals surface area contributed by atoms with Gasteiger partial charge in [0.15, 0.2) is 5.15 Å². The van der Waals surface area contributed by atoms with E-state index in [1.54, 1.807) is 12.3 Å². The van der Waals surface area contributed by atoms with Crippen LogP contribution in [0.5, 0.6) is 0 Å². The Bertz CT molecular complexity index is 594. The number of nitrogens with zero attached hydrogens (tertiary/aromatic N) is 1. The van der Waals surface area contributed by atoms with Gasteiger partial charge in [-0.3, -0.25) is 0 Å². The molecule has 5 heteroatoms. The lowest BCUT2D eigenvalue weighted by Crippen LogP contribution is -2.11. The van der Waals surface area contributed by atoms with Crippen molar-refractivity contribution in [3.8, 4) is 0 Å². The molecule has 0 bridgehead atoms. The zero-order valence-corrected chi connectivity index (χ0v) is 13.5. The van der Waals surface area contributed by atoms with E-state index in [4.69, 9.17) is 34.8 Å². The van der Waals surface area contributed by atoms with E-state index in [0.717, 1.165) is 23.2 Å². The second-order valence-corrected chi connectivity index (χ2v) is 5.74. The maximum absolute atomic E-state index is 6.15. The third-order valence-corrected chi connectivity index (χ3v) is 4.21. The molecule has 1 N–H and O–H groups in total. The van der Waals surface area contributed by atoms with Gasteiger partial charge in [-0.1, -0.05) is 47.8 Å². The van der Waals surface area contributed by atoms with Gasteiger partial charge < -0.3 is 5.32 Å². The van der Waals surface area contributed by atoms with E-state index in [2.05, 4.69) is 17.2 Å². The fraction of sp³-hybridized carbons (Fsp3) is 0.267. The molecule has 1 heterocycles. The van der Waals surface area contributed by atoms with E-state index in [1.807, 2.05) is 25.1 Å². The number of rotatable bonds is 4. The van der Waals surface area contributed by atoms with Gasteiger partial charge in [-0.05, 0) is 42.7 Å². The molecule has 1 unspecified atom stereocenters. The molecule has 0 radical (unpaired) electrons. The van der Waals surface area contributed by atoms with Crippen LogP contribution in [0.25, 0.3) is 0 Å². The van der Waals surface area contributed by atoms with Crippen molar-refractivity contribution < 1.29 is 0 Å². The third-order valence-electron chi connectivity index (χ3n) is 3.19. The van der Waals surface area contributed by atoms with Gasteiger partial charge in [0, 0.05) is 6.20 Å². The minimum absolute atomic E-state index is 0.102. The van der Waals surface area contributed by atoms with Crippen LogP contribution in [0.2, 0.25) is 15.2 Å². The summed E-state index contributed by atoms with van der Waals surface area (Å²) in [5.41, 5.74) is 2.98. The van der Waals surface area contributed by atoms with Crippen LogP contribution in [-0.2, 0) is 0 Å². The van der Waals surface area contributed by atoms with E-state index in [0.29, 0.717) is 15.2 Å². The molecule has 0 spiro atoms. The molecule has 1 atom stereocenters. The average Bonchev–Trinajstić information content (AvgIpc) is 2.42. The molecule has 1 aromatic carbocycles. The lowest BCUT2D eigenvalue weighted by molar-refractivity contribution is 0.748. The Kier molecular flexibility index (Phi) is 5.14. The summed E-state index contributed by atoms with van der Waals surface area (Å²) in [6.45, 7) is 4.09. The first-order chi connectivity index (χ1) is 9.52. The number of benzene rings is 1. The molecular formula is C15H15Cl3N2. The summed E-state index contributed by atoms with van der Waals surface area (Å²) >= 11 is 18.2. The predicted molar refractivity (Wildman–Crippen MR) is 87.1 cm³/mol. The highest BCUT2D eigenvalue weighted by atomic mass is 35.5. The highest BCUT2D eigenvalue weighted by Crippen LogP contribution is 2.32. The molecule has 0 amide bonds. The molecule has 106 valence electrons. The number of anilines is 1. The monoisotopic (exact) mass is 328 g/mol. The van der Waals surface area contributed by atoms with Crippen LogP contribution in [0.15, 0.2) is 30.5 Å². The number of halogens is 3. The molecule has 0 saturated heterocycles. The summed E-state index contributed by atoms with van der Waals surface area (Å²) in [4.78, 5) is 4.11. The molecule has 2 aromatic rings. The van der Waals surface area contributed by atoms with Gasteiger partial charge in [0.05, 0.1) is 21.8 Å². The van der Waals surface area contributed by atoms with Crippen LogP contribution < -0.4 is 5.32 Å². The summed E-state index contributed by atoms with van der Waals surface area (Å²) in [5, 5.41) is 5.02. The highest BCUT2D eigenvalue weighted by Gasteiger charge is 2.14. The molecule has 1 aromatic heterocycles. The third kappa shape index (κ3) is 3.38. The second-order valence-electron chi connectivity index (χ2n) is 4.57. The van der Waals surface area contributed by atoms with Gasteiger partial charge >= 0.3 is 0 Å². The molecule has 0 fully saturated rings. The van der Waals surface area contributed by atoms with Crippen molar-refractivity contribution in [3.63, 3.8) is 0 Å². The van der Waals surface area contributed by atoms with Crippen molar-refractivity contribution >= 4 is 40.5 Å². The van der Waals surface area contributed by atoms with Crippen LogP contribution in [0, 0.1) is 6.92 Å². The quantitative estimate of drug-likeness (QED) is 0.705. The molecule has 0 aliphatic rings. The SMILES string of the molecule is CCC(Nc1c(C)ccnc1Cl)c1ccc(Cl)c(Cl)c1. The van der Waals surface area contributed by atoms with Gasteiger partial charge in [0.2, 0.25) is 0 Å². The number of hydrogen-bond acceptors (Lipinski definition) is 2. The fourth-order valence-electron chi connectivity index (χ4n) is 2.02. The zero-order valence-electron chi connectivity index (χ0n) is 11.3. The summed E-state index contributed by atoms with van der Waals surface area (Å²) < 4.78 is 0. The highest BCUT2D eigenvalue weighted by molar-refractivity contribution is 6.42. The van der Waals surface area contributed by atoms with Crippen molar-refractivity contribution in [1.82, 2.24) is 4.98 Å². The molecule has 2 nitrogen and oxygen atoms in total. The van der Waals surface area contributed by atoms with Crippen LogP contribution in [0.3, 0.4) is 0 Å². The minimum atomic E-state index is 0.102. The number of pyridine rings is 1. The minimum Gasteiger partial charge on any atom is -0.376 e. The van der Waals surface area contributed by atoms with Gasteiger partial charge in [-0.2, -0.15) is 0 Å². The maximum atomic E-state index is 6.15. The zero-order chi connectivity index (χ0) is 14.7. The smallest absolute Gasteiger partial charge is 0.152 e. The number of hydrogen-bond donors (Lipinski definition) is 1. The second kappa shape index (κ2) is 6.66. The van der Waals surface area contributed by atoms with Gasteiger partial charge in [-0.25, -0.2) is 4.98 Å². The van der Waals surface area contributed by atoms with Crippen LogP contribution in [0.1, 0.15) is 30.5 Å². The number of aryl methyl sites for hydroxylation is 1. The summed E-state index contributed by atoms with van der Waals surface area (Å²) in [7, 11) is 0. The maximum Gasteiger partial charge on any atom is 0.152 e. The Hall–Kier alpha value is -0.960. The van der Waals surface area contributed by atoms with Gasteiger partial charge in [-0.15, -0.1) is 0 Å². The predicted octanol–water partition coefficient (Wildman–Crippen LogP) is 5.91. The lowest BCUT2D eigenvalue weighted by Gasteiger charge is -2.21. The van der Waals surface area contributed by atoms with Gasteiger partial charge in [0.25, 0.3) is 0 Å². The number of nitrogens with one attached hydrogen (secondary N) is 1. The average molecular weight is 330 g/mol. The molecule has 20 heavy (non-hydrogen) atoms. The fourth-order valence-corrected chi connectivity index (χ4v) is 2.59. The van der Waals surface area contributed by atoms with Crippen molar-refractivity contribution in [3.05, 3.63) is 56.8 Å². The first-order valence-corrected chi connectivity index (χ1v) is 7.49. The normalized spacial score (nSPS) is 12.2. The lowest BCUT2D eigenvalue weighted by atomic mass is 10.0. The van der Waals surface area contributed by atoms with E-state index >= 15 is 0 Å². The van der Waals surface area contributed by atoms with Crippen LogP contribution in [0.4, 0.5) is 5.69 Å². The van der Waals surface area contributed by atoms with E-state index < -0.39 is 0 Å². The molecule has 0 aliphatic carbocycles. The summed E-state index contributed by atoms with van der Waals surface area (Å²) in [6, 6.07) is 7.68.